The number of hydrogen-bond donors (Lipinski definition) is 3. The summed E-state index contributed by atoms with van der Waals surface area (Å²) < 4.78 is 5.00. The normalized spacial score (nSPS) is 10.4. The van der Waals surface area contributed by atoms with E-state index in [1.807, 2.05) is 13.8 Å². The van der Waals surface area contributed by atoms with Crippen LogP contribution in [0.25, 0.3) is 0 Å². The van der Waals surface area contributed by atoms with Crippen LogP contribution >= 0.6 is 0 Å². The average molecular weight is 296 g/mol. The zero-order valence-corrected chi connectivity index (χ0v) is 12.1. The number of amides is 2. The molecule has 0 aliphatic rings. The van der Waals surface area contributed by atoms with Gasteiger partial charge in [0.05, 0.1) is 6.54 Å². The van der Waals surface area contributed by atoms with Crippen LogP contribution in [0.15, 0.2) is 16.5 Å². The van der Waals surface area contributed by atoms with Gasteiger partial charge in [-0.25, -0.2) is 4.79 Å². The molecule has 0 bridgehead atoms. The van der Waals surface area contributed by atoms with Gasteiger partial charge in [0.25, 0.3) is 0 Å². The van der Waals surface area contributed by atoms with E-state index in [-0.39, 0.29) is 36.6 Å². The van der Waals surface area contributed by atoms with Crippen LogP contribution in [0.3, 0.4) is 0 Å². The first-order chi connectivity index (χ1) is 9.88. The van der Waals surface area contributed by atoms with Crippen molar-refractivity contribution in [2.45, 2.75) is 45.7 Å². The Labute approximate surface area is 122 Å². The number of hydrogen-bond acceptors (Lipinski definition) is 4. The fourth-order valence-electron chi connectivity index (χ4n) is 1.67. The number of carboxylic acid groups (broad SMARTS) is 1. The average Bonchev–Trinajstić information content (AvgIpc) is 2.84. The summed E-state index contributed by atoms with van der Waals surface area (Å²) in [5.41, 5.74) is 0. The minimum atomic E-state index is -1.15. The second kappa shape index (κ2) is 8.08. The van der Waals surface area contributed by atoms with Crippen molar-refractivity contribution in [3.8, 4) is 0 Å². The number of carboxylic acids is 1. The molecule has 3 N–H and O–H groups in total. The maximum absolute atomic E-state index is 11.6. The van der Waals surface area contributed by atoms with E-state index >= 15 is 0 Å². The highest BCUT2D eigenvalue weighted by Gasteiger charge is 2.10. The largest absolute Gasteiger partial charge is 0.475 e. The van der Waals surface area contributed by atoms with Gasteiger partial charge in [0.1, 0.15) is 5.76 Å². The lowest BCUT2D eigenvalue weighted by molar-refractivity contribution is -0.122. The third-order valence-corrected chi connectivity index (χ3v) is 2.59. The van der Waals surface area contributed by atoms with Gasteiger partial charge in [-0.05, 0) is 32.4 Å². The van der Waals surface area contributed by atoms with E-state index in [2.05, 4.69) is 10.6 Å². The first kappa shape index (κ1) is 16.7. The van der Waals surface area contributed by atoms with Crippen LogP contribution in [-0.2, 0) is 16.1 Å². The highest BCUT2D eigenvalue weighted by molar-refractivity contribution is 5.84. The number of rotatable bonds is 8. The summed E-state index contributed by atoms with van der Waals surface area (Å²) in [5.74, 6) is -1.22. The minimum absolute atomic E-state index is 0.0741. The fraction of sp³-hybridized carbons (Fsp3) is 0.500. The van der Waals surface area contributed by atoms with Gasteiger partial charge >= 0.3 is 5.97 Å². The SMILES string of the molecule is CC(C)NC(=O)CCCC(=O)NCc1ccc(C(=O)O)o1. The molecule has 1 aromatic rings. The molecule has 0 atom stereocenters. The van der Waals surface area contributed by atoms with E-state index in [9.17, 15) is 14.4 Å². The molecule has 1 rings (SSSR count). The first-order valence-corrected chi connectivity index (χ1v) is 6.76. The van der Waals surface area contributed by atoms with Crippen molar-refractivity contribution < 1.29 is 23.9 Å². The van der Waals surface area contributed by atoms with Gasteiger partial charge in [-0.1, -0.05) is 0 Å². The molecule has 0 unspecified atom stereocenters. The van der Waals surface area contributed by atoms with Crippen LogP contribution in [0, 0.1) is 0 Å². The molecule has 1 heterocycles. The molecule has 1 aromatic heterocycles. The fourth-order valence-corrected chi connectivity index (χ4v) is 1.67. The summed E-state index contributed by atoms with van der Waals surface area (Å²) in [5, 5.41) is 14.0. The molecule has 0 aliphatic carbocycles. The molecular weight excluding hydrogens is 276 g/mol. The third kappa shape index (κ3) is 6.60. The standard InChI is InChI=1S/C14H20N2O5/c1-9(2)16-13(18)5-3-4-12(17)15-8-10-6-7-11(21-10)14(19)20/h6-7,9H,3-5,8H2,1-2H3,(H,15,17)(H,16,18)(H,19,20). The second-order valence-electron chi connectivity index (χ2n) is 4.92. The molecule has 7 heteroatoms. The smallest absolute Gasteiger partial charge is 0.371 e. The third-order valence-electron chi connectivity index (χ3n) is 2.59. The number of nitrogens with one attached hydrogen (secondary N) is 2. The van der Waals surface area contributed by atoms with Gasteiger partial charge in [0.15, 0.2) is 0 Å². The predicted molar refractivity (Wildman–Crippen MR) is 74.6 cm³/mol. The summed E-state index contributed by atoms with van der Waals surface area (Å²) in [6, 6.07) is 2.92. The highest BCUT2D eigenvalue weighted by Crippen LogP contribution is 2.07. The minimum Gasteiger partial charge on any atom is -0.475 e. The summed E-state index contributed by atoms with van der Waals surface area (Å²) in [7, 11) is 0. The Morgan fingerprint density at radius 2 is 1.86 bits per heavy atom. The van der Waals surface area contributed by atoms with Gasteiger partial charge < -0.3 is 20.2 Å². The summed E-state index contributed by atoms with van der Waals surface area (Å²) >= 11 is 0. The van der Waals surface area contributed by atoms with Crippen molar-refractivity contribution >= 4 is 17.8 Å². The first-order valence-electron chi connectivity index (χ1n) is 6.76. The molecule has 0 aromatic carbocycles. The van der Waals surface area contributed by atoms with Crippen LogP contribution in [-0.4, -0.2) is 28.9 Å². The Morgan fingerprint density at radius 1 is 1.19 bits per heavy atom. The lowest BCUT2D eigenvalue weighted by atomic mass is 10.2. The monoisotopic (exact) mass is 296 g/mol. The maximum atomic E-state index is 11.6. The van der Waals surface area contributed by atoms with Crippen LogP contribution in [0.5, 0.6) is 0 Å². The molecule has 116 valence electrons. The van der Waals surface area contributed by atoms with Gasteiger partial charge in [-0.15, -0.1) is 0 Å². The number of aromatic carboxylic acids is 1. The topological polar surface area (TPSA) is 109 Å². The molecule has 0 aliphatic heterocycles. The lowest BCUT2D eigenvalue weighted by Crippen LogP contribution is -2.30. The van der Waals surface area contributed by atoms with Crippen LogP contribution < -0.4 is 10.6 Å². The molecule has 0 fully saturated rings. The molecule has 0 saturated heterocycles. The van der Waals surface area contributed by atoms with Crippen molar-refractivity contribution in [2.24, 2.45) is 0 Å². The Morgan fingerprint density at radius 3 is 2.43 bits per heavy atom. The summed E-state index contributed by atoms with van der Waals surface area (Å²) in [4.78, 5) is 33.5. The van der Waals surface area contributed by atoms with Crippen molar-refractivity contribution in [3.63, 3.8) is 0 Å². The van der Waals surface area contributed by atoms with Crippen molar-refractivity contribution in [1.29, 1.82) is 0 Å². The molecule has 0 saturated carbocycles. The lowest BCUT2D eigenvalue weighted by Gasteiger charge is -2.07. The van der Waals surface area contributed by atoms with Crippen LogP contribution in [0.1, 0.15) is 49.4 Å². The van der Waals surface area contributed by atoms with E-state index < -0.39 is 5.97 Å². The number of furan rings is 1. The van der Waals surface area contributed by atoms with Crippen LogP contribution in [0.4, 0.5) is 0 Å². The van der Waals surface area contributed by atoms with Gasteiger partial charge in [-0.2, -0.15) is 0 Å². The highest BCUT2D eigenvalue weighted by atomic mass is 16.4. The van der Waals surface area contributed by atoms with Gasteiger partial charge in [0.2, 0.25) is 17.6 Å². The zero-order chi connectivity index (χ0) is 15.8. The van der Waals surface area contributed by atoms with Crippen molar-refractivity contribution in [2.75, 3.05) is 0 Å². The summed E-state index contributed by atoms with van der Waals surface area (Å²) in [6.07, 6.45) is 0.996. The quantitative estimate of drug-likeness (QED) is 0.669. The Hall–Kier alpha value is -2.31. The van der Waals surface area contributed by atoms with E-state index in [1.54, 1.807) is 0 Å². The van der Waals surface area contributed by atoms with Crippen molar-refractivity contribution in [3.05, 3.63) is 23.7 Å². The number of carbonyl (C=O) groups is 3. The molecular formula is C14H20N2O5. The Balaban J connectivity index is 2.21. The van der Waals surface area contributed by atoms with E-state index in [4.69, 9.17) is 9.52 Å². The predicted octanol–water partition coefficient (Wildman–Crippen LogP) is 1.29. The molecule has 7 nitrogen and oxygen atoms in total. The molecule has 2 amide bonds. The Kier molecular flexibility index (Phi) is 6.45. The molecule has 0 radical (unpaired) electrons. The maximum Gasteiger partial charge on any atom is 0.371 e. The van der Waals surface area contributed by atoms with Crippen molar-refractivity contribution in [1.82, 2.24) is 10.6 Å². The van der Waals surface area contributed by atoms with Crippen LogP contribution in [0.2, 0.25) is 0 Å². The molecule has 0 spiro atoms. The zero-order valence-electron chi connectivity index (χ0n) is 12.1. The van der Waals surface area contributed by atoms with Gasteiger partial charge in [0, 0.05) is 18.9 Å². The van der Waals surface area contributed by atoms with Gasteiger partial charge in [-0.3, -0.25) is 9.59 Å². The second-order valence-corrected chi connectivity index (χ2v) is 4.92. The number of carbonyl (C=O) groups excluding carboxylic acids is 2. The van der Waals surface area contributed by atoms with E-state index in [1.165, 1.54) is 12.1 Å². The van der Waals surface area contributed by atoms with E-state index in [0.717, 1.165) is 0 Å². The molecule has 21 heavy (non-hydrogen) atoms. The van der Waals surface area contributed by atoms with E-state index in [0.29, 0.717) is 18.6 Å². The summed E-state index contributed by atoms with van der Waals surface area (Å²) in [6.45, 7) is 3.88. The Bertz CT molecular complexity index is 507.